The molecule has 1 fully saturated rings. The fourth-order valence-corrected chi connectivity index (χ4v) is 3.66. The monoisotopic (exact) mass is 273 g/mol. The Morgan fingerprint density at radius 2 is 2.33 bits per heavy atom. The molecule has 9 heteroatoms. The van der Waals surface area contributed by atoms with Gasteiger partial charge in [-0.1, -0.05) is 6.92 Å². The minimum absolute atomic E-state index is 0.0177. The summed E-state index contributed by atoms with van der Waals surface area (Å²) in [6.45, 7) is 2.29. The van der Waals surface area contributed by atoms with Crippen LogP contribution in [-0.2, 0) is 14.8 Å². The molecule has 2 heterocycles. The highest BCUT2D eigenvalue weighted by atomic mass is 32.2. The van der Waals surface area contributed by atoms with E-state index in [9.17, 15) is 13.2 Å². The summed E-state index contributed by atoms with van der Waals surface area (Å²) in [5.74, 6) is -0.301. The van der Waals surface area contributed by atoms with Crippen LogP contribution >= 0.6 is 0 Å². The molecule has 0 spiro atoms. The van der Waals surface area contributed by atoms with Crippen LogP contribution in [0, 0.1) is 0 Å². The summed E-state index contributed by atoms with van der Waals surface area (Å²) >= 11 is 0. The number of nitrogens with one attached hydrogen (secondary N) is 2. The largest absolute Gasteiger partial charge is 0.383 e. The Labute approximate surface area is 105 Å². The van der Waals surface area contributed by atoms with E-state index >= 15 is 0 Å². The Balaban J connectivity index is 2.40. The molecule has 1 atom stereocenters. The van der Waals surface area contributed by atoms with Crippen LogP contribution in [0.1, 0.15) is 13.3 Å². The van der Waals surface area contributed by atoms with E-state index in [2.05, 4.69) is 15.5 Å². The maximum atomic E-state index is 12.4. The zero-order chi connectivity index (χ0) is 13.3. The van der Waals surface area contributed by atoms with Crippen molar-refractivity contribution in [2.24, 2.45) is 0 Å². The van der Waals surface area contributed by atoms with Crippen LogP contribution in [0.4, 0.5) is 5.82 Å². The third kappa shape index (κ3) is 1.95. The predicted octanol–water partition coefficient (Wildman–Crippen LogP) is -1.11. The summed E-state index contributed by atoms with van der Waals surface area (Å²) in [6, 6.07) is -0.696. The van der Waals surface area contributed by atoms with E-state index in [1.54, 1.807) is 6.92 Å². The number of sulfonamides is 1. The Morgan fingerprint density at radius 1 is 1.61 bits per heavy atom. The molecule has 2 rings (SSSR count). The molecule has 1 aliphatic heterocycles. The van der Waals surface area contributed by atoms with Crippen LogP contribution < -0.4 is 11.1 Å². The van der Waals surface area contributed by atoms with Gasteiger partial charge in [-0.3, -0.25) is 9.89 Å². The molecule has 1 aromatic heterocycles. The van der Waals surface area contributed by atoms with Gasteiger partial charge < -0.3 is 11.1 Å². The number of anilines is 1. The first-order chi connectivity index (χ1) is 8.48. The number of H-pyrrole nitrogens is 1. The molecule has 1 aromatic rings. The fraction of sp³-hybridized carbons (Fsp3) is 0.556. The standard InChI is InChI=1S/C9H15N5O3S/c1-2-6-9(15)11-3-4-14(6)18(16,17)7-5-12-13-8(7)10/h5-6H,2-4H2,1H3,(H,11,15)(H3,10,12,13). The predicted molar refractivity (Wildman–Crippen MR) is 64.0 cm³/mol. The number of piperazine rings is 1. The van der Waals surface area contributed by atoms with Gasteiger partial charge >= 0.3 is 0 Å². The number of aromatic nitrogens is 2. The normalized spacial score (nSPS) is 21.8. The Morgan fingerprint density at radius 3 is 2.89 bits per heavy atom. The lowest BCUT2D eigenvalue weighted by Crippen LogP contribution is -2.56. The number of carbonyl (C=O) groups is 1. The maximum absolute atomic E-state index is 12.4. The van der Waals surface area contributed by atoms with Gasteiger partial charge in [-0.2, -0.15) is 9.40 Å². The highest BCUT2D eigenvalue weighted by Gasteiger charge is 2.38. The van der Waals surface area contributed by atoms with Crippen LogP contribution in [0.25, 0.3) is 0 Å². The van der Waals surface area contributed by atoms with Crippen LogP contribution in [0.3, 0.4) is 0 Å². The number of nitrogens with two attached hydrogens (primary N) is 1. The molecule has 0 aromatic carbocycles. The van der Waals surface area contributed by atoms with E-state index < -0.39 is 16.1 Å². The molecular weight excluding hydrogens is 258 g/mol. The highest BCUT2D eigenvalue weighted by Crippen LogP contribution is 2.23. The van der Waals surface area contributed by atoms with Gasteiger partial charge in [0.2, 0.25) is 15.9 Å². The van der Waals surface area contributed by atoms with Crippen molar-refractivity contribution in [3.8, 4) is 0 Å². The summed E-state index contributed by atoms with van der Waals surface area (Å²) in [4.78, 5) is 11.6. The number of carbonyl (C=O) groups excluding carboxylic acids is 1. The summed E-state index contributed by atoms with van der Waals surface area (Å²) in [5, 5.41) is 8.62. The zero-order valence-corrected chi connectivity index (χ0v) is 10.7. The van der Waals surface area contributed by atoms with Crippen LogP contribution in [-0.4, -0.2) is 48.0 Å². The zero-order valence-electron chi connectivity index (χ0n) is 9.88. The second-order valence-corrected chi connectivity index (χ2v) is 5.84. The van der Waals surface area contributed by atoms with Gasteiger partial charge in [-0.25, -0.2) is 8.42 Å². The van der Waals surface area contributed by atoms with Crippen molar-refractivity contribution >= 4 is 21.7 Å². The van der Waals surface area contributed by atoms with Gasteiger partial charge in [-0.15, -0.1) is 0 Å². The number of aromatic amines is 1. The summed E-state index contributed by atoms with van der Waals surface area (Å²) in [7, 11) is -3.79. The first-order valence-electron chi connectivity index (χ1n) is 5.57. The molecule has 100 valence electrons. The SMILES string of the molecule is CCC1C(=O)NCCN1S(=O)(=O)c1cn[nH]c1N. The Kier molecular flexibility index (Phi) is 3.26. The third-order valence-electron chi connectivity index (χ3n) is 2.89. The molecule has 1 saturated heterocycles. The number of hydrogen-bond acceptors (Lipinski definition) is 5. The molecule has 1 aliphatic rings. The van der Waals surface area contributed by atoms with Crippen LogP contribution in [0.15, 0.2) is 11.1 Å². The first kappa shape index (κ1) is 12.8. The van der Waals surface area contributed by atoms with Crippen molar-refractivity contribution in [3.63, 3.8) is 0 Å². The molecule has 0 bridgehead atoms. The molecule has 4 N–H and O–H groups in total. The van der Waals surface area contributed by atoms with E-state index in [1.165, 1.54) is 4.31 Å². The molecule has 1 amide bonds. The van der Waals surface area contributed by atoms with E-state index in [1.807, 2.05) is 0 Å². The fourth-order valence-electron chi connectivity index (χ4n) is 1.99. The smallest absolute Gasteiger partial charge is 0.249 e. The van der Waals surface area contributed by atoms with Gasteiger partial charge in [0.15, 0.2) is 0 Å². The summed E-state index contributed by atoms with van der Waals surface area (Å²) in [6.07, 6.45) is 1.56. The minimum atomic E-state index is -3.79. The van der Waals surface area contributed by atoms with Gasteiger partial charge in [0, 0.05) is 13.1 Å². The average molecular weight is 273 g/mol. The van der Waals surface area contributed by atoms with E-state index in [0.29, 0.717) is 13.0 Å². The Hall–Kier alpha value is -1.61. The van der Waals surface area contributed by atoms with Gasteiger partial charge in [-0.05, 0) is 6.42 Å². The molecule has 1 unspecified atom stereocenters. The third-order valence-corrected chi connectivity index (χ3v) is 4.82. The molecule has 0 saturated carbocycles. The van der Waals surface area contributed by atoms with Gasteiger partial charge in [0.05, 0.1) is 6.20 Å². The number of hydrogen-bond donors (Lipinski definition) is 3. The lowest BCUT2D eigenvalue weighted by atomic mass is 10.2. The summed E-state index contributed by atoms with van der Waals surface area (Å²) < 4.78 is 26.0. The van der Waals surface area contributed by atoms with Gasteiger partial charge in [0.25, 0.3) is 0 Å². The topological polar surface area (TPSA) is 121 Å². The van der Waals surface area contributed by atoms with Crippen LogP contribution in [0.2, 0.25) is 0 Å². The van der Waals surface area contributed by atoms with E-state index in [4.69, 9.17) is 5.73 Å². The lowest BCUT2D eigenvalue weighted by molar-refractivity contribution is -0.126. The minimum Gasteiger partial charge on any atom is -0.383 e. The highest BCUT2D eigenvalue weighted by molar-refractivity contribution is 7.89. The first-order valence-corrected chi connectivity index (χ1v) is 7.01. The molecule has 8 nitrogen and oxygen atoms in total. The quantitative estimate of drug-likeness (QED) is 0.645. The summed E-state index contributed by atoms with van der Waals surface area (Å²) in [5.41, 5.74) is 5.53. The second-order valence-electron chi connectivity index (χ2n) is 3.98. The molecule has 18 heavy (non-hydrogen) atoms. The molecular formula is C9H15N5O3S. The van der Waals surface area contributed by atoms with Crippen molar-refractivity contribution < 1.29 is 13.2 Å². The van der Waals surface area contributed by atoms with Gasteiger partial charge in [0.1, 0.15) is 16.8 Å². The van der Waals surface area contributed by atoms with E-state index in [-0.39, 0.29) is 23.2 Å². The molecule has 0 radical (unpaired) electrons. The number of nitrogens with zero attached hydrogens (tertiary/aromatic N) is 2. The van der Waals surface area contributed by atoms with Crippen molar-refractivity contribution in [1.82, 2.24) is 19.8 Å². The number of nitrogen functional groups attached to an aromatic ring is 1. The second kappa shape index (κ2) is 4.58. The van der Waals surface area contributed by atoms with Crippen molar-refractivity contribution in [2.45, 2.75) is 24.3 Å². The van der Waals surface area contributed by atoms with Crippen molar-refractivity contribution in [3.05, 3.63) is 6.20 Å². The number of amides is 1. The Bertz CT molecular complexity index is 552. The molecule has 0 aliphatic carbocycles. The van der Waals surface area contributed by atoms with Crippen molar-refractivity contribution in [1.29, 1.82) is 0 Å². The lowest BCUT2D eigenvalue weighted by Gasteiger charge is -2.33. The van der Waals surface area contributed by atoms with E-state index in [0.717, 1.165) is 6.20 Å². The average Bonchev–Trinajstić information content (AvgIpc) is 2.75. The number of rotatable bonds is 3. The maximum Gasteiger partial charge on any atom is 0.249 e. The van der Waals surface area contributed by atoms with Crippen LogP contribution in [0.5, 0.6) is 0 Å². The van der Waals surface area contributed by atoms with Crippen molar-refractivity contribution in [2.75, 3.05) is 18.8 Å².